The number of rotatable bonds is 6. The van der Waals surface area contributed by atoms with Crippen LogP contribution in [0.2, 0.25) is 0 Å². The van der Waals surface area contributed by atoms with Gasteiger partial charge >= 0.3 is 11.2 Å². The van der Waals surface area contributed by atoms with Crippen LogP contribution in [0.1, 0.15) is 31.2 Å². The van der Waals surface area contributed by atoms with Gasteiger partial charge in [-0.2, -0.15) is 8.78 Å². The lowest BCUT2D eigenvalue weighted by Crippen LogP contribution is -2.37. The molecule has 3 aromatic rings. The Labute approximate surface area is 173 Å². The van der Waals surface area contributed by atoms with Gasteiger partial charge in [0.1, 0.15) is 4.60 Å². The Hall–Kier alpha value is -1.93. The molecule has 1 N–H and O–H groups in total. The molecular weight excluding hydrogens is 448 g/mol. The van der Waals surface area contributed by atoms with Crippen molar-refractivity contribution in [2.24, 2.45) is 0 Å². The Morgan fingerprint density at radius 3 is 2.68 bits per heavy atom. The van der Waals surface area contributed by atoms with Crippen LogP contribution in [-0.2, 0) is 4.79 Å². The molecule has 8 heteroatoms. The van der Waals surface area contributed by atoms with Gasteiger partial charge in [-0.05, 0) is 70.4 Å². The first-order valence-corrected chi connectivity index (χ1v) is 10.6. The molecule has 0 atom stereocenters. The monoisotopic (exact) mass is 465 g/mol. The van der Waals surface area contributed by atoms with Crippen LogP contribution in [0.15, 0.2) is 52.4 Å². The van der Waals surface area contributed by atoms with Crippen molar-refractivity contribution in [3.63, 3.8) is 0 Å². The first-order valence-electron chi connectivity index (χ1n) is 9.02. The van der Waals surface area contributed by atoms with Crippen LogP contribution in [-0.4, -0.2) is 27.3 Å². The number of nitrogens with one attached hydrogen (secondary N) is 1. The SMILES string of the molecule is CCNC(=O)C(F)(F)Sc1ncc(Br)n1-c1ccc(C2CC2)c2ccccc12. The van der Waals surface area contributed by atoms with E-state index in [9.17, 15) is 13.6 Å². The molecule has 0 saturated heterocycles. The van der Waals surface area contributed by atoms with Crippen molar-refractivity contribution in [1.82, 2.24) is 14.9 Å². The van der Waals surface area contributed by atoms with Crippen molar-refractivity contribution in [3.05, 3.63) is 52.8 Å². The minimum Gasteiger partial charge on any atom is -0.350 e. The summed E-state index contributed by atoms with van der Waals surface area (Å²) in [6.07, 6.45) is 3.83. The number of carbonyl (C=O) groups excluding carboxylic acids is 1. The maximum absolute atomic E-state index is 14.4. The van der Waals surface area contributed by atoms with Gasteiger partial charge in [0, 0.05) is 11.9 Å². The molecule has 1 aliphatic carbocycles. The molecule has 0 unspecified atom stereocenters. The summed E-state index contributed by atoms with van der Waals surface area (Å²) < 4.78 is 30.9. The van der Waals surface area contributed by atoms with E-state index < -0.39 is 11.2 Å². The van der Waals surface area contributed by atoms with E-state index in [4.69, 9.17) is 0 Å². The van der Waals surface area contributed by atoms with Crippen molar-refractivity contribution in [2.45, 2.75) is 36.1 Å². The molecule has 4 rings (SSSR count). The lowest BCUT2D eigenvalue weighted by Gasteiger charge is -2.17. The highest BCUT2D eigenvalue weighted by Crippen LogP contribution is 2.45. The number of alkyl halides is 2. The van der Waals surface area contributed by atoms with Gasteiger partial charge in [0.2, 0.25) is 0 Å². The van der Waals surface area contributed by atoms with Gasteiger partial charge in [0.25, 0.3) is 0 Å². The van der Waals surface area contributed by atoms with Gasteiger partial charge in [-0.15, -0.1) is 0 Å². The molecule has 2 aromatic carbocycles. The van der Waals surface area contributed by atoms with E-state index in [2.05, 4.69) is 38.4 Å². The van der Waals surface area contributed by atoms with Gasteiger partial charge in [-0.25, -0.2) is 4.98 Å². The molecule has 146 valence electrons. The van der Waals surface area contributed by atoms with Crippen LogP contribution in [0.3, 0.4) is 0 Å². The predicted molar refractivity (Wildman–Crippen MR) is 110 cm³/mol. The van der Waals surface area contributed by atoms with Gasteiger partial charge in [0.05, 0.1) is 11.9 Å². The van der Waals surface area contributed by atoms with E-state index in [1.807, 2.05) is 24.3 Å². The largest absolute Gasteiger partial charge is 0.377 e. The number of fused-ring (bicyclic) bond motifs is 1. The molecule has 0 bridgehead atoms. The Morgan fingerprint density at radius 1 is 1.29 bits per heavy atom. The lowest BCUT2D eigenvalue weighted by atomic mass is 9.99. The Kier molecular flexibility index (Phi) is 5.18. The minimum atomic E-state index is -3.62. The number of amides is 1. The van der Waals surface area contributed by atoms with Gasteiger partial charge < -0.3 is 5.32 Å². The fourth-order valence-electron chi connectivity index (χ4n) is 3.28. The number of thioether (sulfide) groups is 1. The normalized spacial score (nSPS) is 14.4. The molecule has 28 heavy (non-hydrogen) atoms. The number of benzene rings is 2. The van der Waals surface area contributed by atoms with Crippen LogP contribution in [0, 0.1) is 0 Å². The van der Waals surface area contributed by atoms with Crippen LogP contribution >= 0.6 is 27.7 Å². The second-order valence-electron chi connectivity index (χ2n) is 6.67. The van der Waals surface area contributed by atoms with E-state index in [0.29, 0.717) is 10.5 Å². The topological polar surface area (TPSA) is 46.9 Å². The molecule has 0 aliphatic heterocycles. The summed E-state index contributed by atoms with van der Waals surface area (Å²) in [4.78, 5) is 15.8. The second kappa shape index (κ2) is 7.48. The molecule has 1 fully saturated rings. The zero-order valence-electron chi connectivity index (χ0n) is 15.1. The fourth-order valence-corrected chi connectivity index (χ4v) is 4.65. The van der Waals surface area contributed by atoms with E-state index in [1.165, 1.54) is 24.6 Å². The van der Waals surface area contributed by atoms with Crippen molar-refractivity contribution < 1.29 is 13.6 Å². The van der Waals surface area contributed by atoms with Crippen molar-refractivity contribution >= 4 is 44.4 Å². The summed E-state index contributed by atoms with van der Waals surface area (Å²) in [7, 11) is 0. The standard InChI is InChI=1S/C20H18BrF2N3OS/c1-2-24-18(27)20(22,23)28-19-25-11-17(21)26(19)16-10-9-13(12-7-8-12)14-5-3-4-6-15(14)16/h3-6,9-12H,2,7-8H2,1H3,(H,24,27). The molecule has 1 aromatic heterocycles. The second-order valence-corrected chi connectivity index (χ2v) is 8.57. The summed E-state index contributed by atoms with van der Waals surface area (Å²) in [5, 5.41) is 0.682. The molecule has 1 amide bonds. The molecular formula is C20H18BrF2N3OS. The Bertz CT molecular complexity index is 1050. The van der Waals surface area contributed by atoms with E-state index in [0.717, 1.165) is 16.5 Å². The van der Waals surface area contributed by atoms with Crippen molar-refractivity contribution in [2.75, 3.05) is 6.54 Å². The first kappa shape index (κ1) is 19.4. The first-order chi connectivity index (χ1) is 13.4. The molecule has 0 radical (unpaired) electrons. The smallest absolute Gasteiger partial charge is 0.350 e. The third-order valence-corrected chi connectivity index (χ3v) is 6.17. The van der Waals surface area contributed by atoms with E-state index in [-0.39, 0.29) is 23.5 Å². The molecule has 4 nitrogen and oxygen atoms in total. The number of carbonyl (C=O) groups is 1. The fraction of sp³-hybridized carbons (Fsp3) is 0.300. The summed E-state index contributed by atoms with van der Waals surface area (Å²) in [6, 6.07) is 12.0. The summed E-state index contributed by atoms with van der Waals surface area (Å²) in [6.45, 7) is 1.74. The predicted octanol–water partition coefficient (Wildman–Crippen LogP) is 5.49. The zero-order valence-corrected chi connectivity index (χ0v) is 17.5. The number of hydrogen-bond acceptors (Lipinski definition) is 3. The summed E-state index contributed by atoms with van der Waals surface area (Å²) >= 11 is 3.56. The highest BCUT2D eigenvalue weighted by molar-refractivity contribution is 9.10. The number of hydrogen-bond donors (Lipinski definition) is 1. The maximum Gasteiger partial charge on any atom is 0.377 e. The quantitative estimate of drug-likeness (QED) is 0.489. The van der Waals surface area contributed by atoms with Crippen LogP contribution in [0.25, 0.3) is 16.5 Å². The minimum absolute atomic E-state index is 0.0486. The lowest BCUT2D eigenvalue weighted by molar-refractivity contribution is -0.134. The van der Waals surface area contributed by atoms with Crippen LogP contribution in [0.4, 0.5) is 8.78 Å². The zero-order chi connectivity index (χ0) is 19.9. The van der Waals surface area contributed by atoms with Crippen molar-refractivity contribution in [3.8, 4) is 5.69 Å². The van der Waals surface area contributed by atoms with E-state index in [1.54, 1.807) is 11.5 Å². The summed E-state index contributed by atoms with van der Waals surface area (Å²) in [5.74, 6) is -0.749. The number of imidazole rings is 1. The summed E-state index contributed by atoms with van der Waals surface area (Å²) in [5.41, 5.74) is 2.04. The average Bonchev–Trinajstić information content (AvgIpc) is 3.45. The van der Waals surface area contributed by atoms with Gasteiger partial charge in [0.15, 0.2) is 5.16 Å². The average molecular weight is 466 g/mol. The van der Waals surface area contributed by atoms with Crippen LogP contribution in [0.5, 0.6) is 0 Å². The Morgan fingerprint density at radius 2 is 2.00 bits per heavy atom. The third-order valence-electron chi connectivity index (χ3n) is 4.70. The number of halogens is 3. The van der Waals surface area contributed by atoms with Crippen molar-refractivity contribution in [1.29, 1.82) is 0 Å². The third kappa shape index (κ3) is 3.55. The van der Waals surface area contributed by atoms with Gasteiger partial charge in [-0.1, -0.05) is 30.3 Å². The maximum atomic E-state index is 14.4. The molecule has 1 aliphatic rings. The highest BCUT2D eigenvalue weighted by Gasteiger charge is 2.41. The number of aromatic nitrogens is 2. The Balaban J connectivity index is 1.80. The molecule has 1 saturated carbocycles. The number of nitrogens with zero attached hydrogens (tertiary/aromatic N) is 2. The highest BCUT2D eigenvalue weighted by atomic mass is 79.9. The molecule has 1 heterocycles. The van der Waals surface area contributed by atoms with Crippen LogP contribution < -0.4 is 5.32 Å². The molecule has 0 spiro atoms. The van der Waals surface area contributed by atoms with E-state index >= 15 is 0 Å². The van der Waals surface area contributed by atoms with Gasteiger partial charge in [-0.3, -0.25) is 9.36 Å².